The summed E-state index contributed by atoms with van der Waals surface area (Å²) < 4.78 is 38.3. The smallest absolute Gasteiger partial charge is 0.351 e. The predicted octanol–water partition coefficient (Wildman–Crippen LogP) is 3.19. The van der Waals surface area contributed by atoms with Crippen LogP contribution in [0.3, 0.4) is 0 Å². The molecule has 0 aromatic heterocycles. The summed E-state index contributed by atoms with van der Waals surface area (Å²) in [7, 11) is 0. The average molecular weight is 266 g/mol. The summed E-state index contributed by atoms with van der Waals surface area (Å²) in [6.07, 6.45) is -2.88. The maximum absolute atomic E-state index is 12.8. The van der Waals surface area contributed by atoms with Crippen molar-refractivity contribution in [1.29, 1.82) is 0 Å². The number of halogens is 3. The first-order valence-electron chi connectivity index (χ1n) is 5.89. The first-order chi connectivity index (χ1) is 7.84. The molecule has 0 radical (unpaired) electrons. The number of hydrogen-bond donors (Lipinski definition) is 1. The Kier molecular flexibility index (Phi) is 3.36. The predicted molar refractivity (Wildman–Crippen MR) is 64.3 cm³/mol. The Morgan fingerprint density at radius 3 is 2.53 bits per heavy atom. The maximum Gasteiger partial charge on any atom is 0.411 e. The highest BCUT2D eigenvalue weighted by Crippen LogP contribution is 2.49. The van der Waals surface area contributed by atoms with Crippen LogP contribution in [-0.2, 0) is 0 Å². The van der Waals surface area contributed by atoms with E-state index in [-0.39, 0.29) is 18.9 Å². The van der Waals surface area contributed by atoms with Crippen molar-refractivity contribution in [3.8, 4) is 0 Å². The van der Waals surface area contributed by atoms with Gasteiger partial charge in [0.25, 0.3) is 0 Å². The molecule has 0 amide bonds. The number of hydrogen-bond acceptors (Lipinski definition) is 3. The molecule has 1 unspecified atom stereocenters. The van der Waals surface area contributed by atoms with Gasteiger partial charge in [-0.1, -0.05) is 25.6 Å². The number of nitrogens with one attached hydrogen (secondary N) is 1. The molecule has 2 rings (SSSR count). The van der Waals surface area contributed by atoms with Crippen molar-refractivity contribution in [2.24, 2.45) is 10.9 Å². The summed E-state index contributed by atoms with van der Waals surface area (Å²) in [5.41, 5.74) is -1.68. The number of amidine groups is 1. The minimum absolute atomic E-state index is 0.155. The SMILES string of the molecule is CC(C)C1CCSC(NC2(C(F)(F)F)CC2)=N1. The molecule has 0 aromatic rings. The summed E-state index contributed by atoms with van der Waals surface area (Å²) in [6, 6.07) is 0.155. The lowest BCUT2D eigenvalue weighted by atomic mass is 10.0. The van der Waals surface area contributed by atoms with Crippen molar-refractivity contribution in [1.82, 2.24) is 5.32 Å². The largest absolute Gasteiger partial charge is 0.411 e. The zero-order chi connectivity index (χ0) is 12.7. The molecule has 0 bridgehead atoms. The zero-order valence-corrected chi connectivity index (χ0v) is 10.8. The fraction of sp³-hybridized carbons (Fsp3) is 0.909. The maximum atomic E-state index is 12.8. The molecule has 0 aromatic carbocycles. The molecule has 1 saturated carbocycles. The molecule has 1 heterocycles. The summed E-state index contributed by atoms with van der Waals surface area (Å²) in [5.74, 6) is 1.23. The molecule has 0 saturated heterocycles. The van der Waals surface area contributed by atoms with E-state index in [4.69, 9.17) is 0 Å². The molecule has 1 N–H and O–H groups in total. The molecule has 2 aliphatic rings. The highest BCUT2D eigenvalue weighted by atomic mass is 32.2. The van der Waals surface area contributed by atoms with Gasteiger partial charge in [0.1, 0.15) is 5.54 Å². The van der Waals surface area contributed by atoms with Crippen LogP contribution in [0.1, 0.15) is 33.1 Å². The molecule has 98 valence electrons. The van der Waals surface area contributed by atoms with Gasteiger partial charge in [-0.3, -0.25) is 4.99 Å². The van der Waals surface area contributed by atoms with E-state index in [1.807, 2.05) is 0 Å². The molecule has 1 aliphatic carbocycles. The van der Waals surface area contributed by atoms with E-state index in [1.54, 1.807) is 0 Å². The van der Waals surface area contributed by atoms with Crippen molar-refractivity contribution in [2.45, 2.75) is 50.9 Å². The van der Waals surface area contributed by atoms with Crippen molar-refractivity contribution in [3.05, 3.63) is 0 Å². The van der Waals surface area contributed by atoms with Crippen LogP contribution in [0.25, 0.3) is 0 Å². The summed E-state index contributed by atoms with van der Waals surface area (Å²) in [4.78, 5) is 4.39. The van der Waals surface area contributed by atoms with Gasteiger partial charge in [-0.25, -0.2) is 0 Å². The Balaban J connectivity index is 2.04. The van der Waals surface area contributed by atoms with Crippen LogP contribution in [0.15, 0.2) is 4.99 Å². The fourth-order valence-corrected chi connectivity index (χ4v) is 2.92. The average Bonchev–Trinajstić information content (AvgIpc) is 2.98. The number of aliphatic imine (C=N–C) groups is 1. The van der Waals surface area contributed by atoms with Crippen LogP contribution >= 0.6 is 11.8 Å². The van der Waals surface area contributed by atoms with E-state index in [9.17, 15) is 13.2 Å². The van der Waals surface area contributed by atoms with E-state index in [0.29, 0.717) is 11.1 Å². The number of alkyl halides is 3. The van der Waals surface area contributed by atoms with Crippen LogP contribution in [-0.4, -0.2) is 28.7 Å². The van der Waals surface area contributed by atoms with E-state index in [2.05, 4.69) is 24.2 Å². The molecule has 6 heteroatoms. The molecule has 1 fully saturated rings. The molecule has 0 spiro atoms. The van der Waals surface area contributed by atoms with E-state index >= 15 is 0 Å². The first kappa shape index (κ1) is 13.1. The first-order valence-corrected chi connectivity index (χ1v) is 6.88. The standard InChI is InChI=1S/C11H17F3N2S/c1-7(2)8-3-6-17-9(15-8)16-10(4-5-10)11(12,13)14/h7-8H,3-6H2,1-2H3,(H,15,16). The highest BCUT2D eigenvalue weighted by Gasteiger charge is 2.64. The van der Waals surface area contributed by atoms with Gasteiger partial charge in [-0.05, 0) is 25.2 Å². The van der Waals surface area contributed by atoms with Crippen LogP contribution in [0.4, 0.5) is 13.2 Å². The monoisotopic (exact) mass is 266 g/mol. The molecule has 2 nitrogen and oxygen atoms in total. The van der Waals surface area contributed by atoms with Gasteiger partial charge in [0, 0.05) is 5.75 Å². The number of thioether (sulfide) groups is 1. The minimum atomic E-state index is -4.17. The second-order valence-electron chi connectivity index (χ2n) is 5.09. The van der Waals surface area contributed by atoms with Crippen molar-refractivity contribution >= 4 is 16.9 Å². The van der Waals surface area contributed by atoms with E-state index in [0.717, 1.165) is 12.2 Å². The number of rotatable bonds is 2. The van der Waals surface area contributed by atoms with Crippen LogP contribution < -0.4 is 5.32 Å². The van der Waals surface area contributed by atoms with Gasteiger partial charge in [0.15, 0.2) is 5.17 Å². The highest BCUT2D eigenvalue weighted by molar-refractivity contribution is 8.13. The molecule has 1 atom stereocenters. The molecular weight excluding hydrogens is 249 g/mol. The Bertz CT molecular complexity index is 321. The fourth-order valence-electron chi connectivity index (χ4n) is 1.89. The van der Waals surface area contributed by atoms with Crippen molar-refractivity contribution in [3.63, 3.8) is 0 Å². The second-order valence-corrected chi connectivity index (χ2v) is 6.17. The summed E-state index contributed by atoms with van der Waals surface area (Å²) in [5, 5.41) is 3.10. The van der Waals surface area contributed by atoms with Gasteiger partial charge < -0.3 is 5.32 Å². The van der Waals surface area contributed by atoms with Crippen LogP contribution in [0.5, 0.6) is 0 Å². The number of nitrogens with zero attached hydrogens (tertiary/aromatic N) is 1. The van der Waals surface area contributed by atoms with Crippen molar-refractivity contribution < 1.29 is 13.2 Å². The van der Waals surface area contributed by atoms with Crippen molar-refractivity contribution in [2.75, 3.05) is 5.75 Å². The Morgan fingerprint density at radius 1 is 1.41 bits per heavy atom. The van der Waals surface area contributed by atoms with E-state index in [1.165, 1.54) is 11.8 Å². The topological polar surface area (TPSA) is 24.4 Å². The third-order valence-corrected chi connectivity index (χ3v) is 4.26. The third-order valence-electron chi connectivity index (χ3n) is 3.34. The van der Waals surface area contributed by atoms with Gasteiger partial charge >= 0.3 is 6.18 Å². The van der Waals surface area contributed by atoms with Gasteiger partial charge in [0.2, 0.25) is 0 Å². The lowest BCUT2D eigenvalue weighted by Gasteiger charge is -2.27. The summed E-state index contributed by atoms with van der Waals surface area (Å²) >= 11 is 1.41. The lowest BCUT2D eigenvalue weighted by Crippen LogP contribution is -2.48. The minimum Gasteiger partial charge on any atom is -0.351 e. The normalized spacial score (nSPS) is 27.9. The summed E-state index contributed by atoms with van der Waals surface area (Å²) in [6.45, 7) is 4.11. The van der Waals surface area contributed by atoms with Gasteiger partial charge in [0.05, 0.1) is 6.04 Å². The lowest BCUT2D eigenvalue weighted by molar-refractivity contribution is -0.161. The second kappa shape index (κ2) is 4.37. The Hall–Kier alpha value is -0.390. The molecule has 1 aliphatic heterocycles. The van der Waals surface area contributed by atoms with Gasteiger partial charge in [-0.2, -0.15) is 13.2 Å². The molecule has 17 heavy (non-hydrogen) atoms. The van der Waals surface area contributed by atoms with E-state index < -0.39 is 11.7 Å². The zero-order valence-electron chi connectivity index (χ0n) is 9.97. The van der Waals surface area contributed by atoms with Crippen LogP contribution in [0, 0.1) is 5.92 Å². The Morgan fingerprint density at radius 2 is 2.06 bits per heavy atom. The molecular formula is C11H17F3N2S. The quantitative estimate of drug-likeness (QED) is 0.830. The Labute approximate surface area is 103 Å². The van der Waals surface area contributed by atoms with Crippen LogP contribution in [0.2, 0.25) is 0 Å². The van der Waals surface area contributed by atoms with Gasteiger partial charge in [-0.15, -0.1) is 0 Å². The third kappa shape index (κ3) is 2.72.